The number of nitrogens with two attached hydrogens (primary N) is 1. The first kappa shape index (κ1) is 15.0. The summed E-state index contributed by atoms with van der Waals surface area (Å²) < 4.78 is 0. The van der Waals surface area contributed by atoms with E-state index >= 15 is 0 Å². The first-order chi connectivity index (χ1) is 9.67. The molecule has 0 aliphatic heterocycles. The Morgan fingerprint density at radius 2 is 2.05 bits per heavy atom. The van der Waals surface area contributed by atoms with E-state index in [0.717, 1.165) is 24.9 Å². The third-order valence-corrected chi connectivity index (χ3v) is 4.24. The van der Waals surface area contributed by atoms with Crippen molar-refractivity contribution in [3.05, 3.63) is 12.3 Å². The van der Waals surface area contributed by atoms with Crippen molar-refractivity contribution in [1.29, 1.82) is 0 Å². The minimum Gasteiger partial charge on any atom is -0.353 e. The van der Waals surface area contributed by atoms with E-state index < -0.39 is 0 Å². The number of hydrogen-bond donors (Lipinski definition) is 1. The van der Waals surface area contributed by atoms with Gasteiger partial charge in [-0.05, 0) is 38.3 Å². The summed E-state index contributed by atoms with van der Waals surface area (Å²) in [6, 6.07) is 2.53. The van der Waals surface area contributed by atoms with Gasteiger partial charge in [0.1, 0.15) is 5.82 Å². The molecule has 1 heterocycles. The van der Waals surface area contributed by atoms with Crippen molar-refractivity contribution in [3.63, 3.8) is 0 Å². The van der Waals surface area contributed by atoms with Crippen LogP contribution >= 0.6 is 0 Å². The molecule has 2 atom stereocenters. The van der Waals surface area contributed by atoms with E-state index in [2.05, 4.69) is 21.8 Å². The van der Waals surface area contributed by atoms with Gasteiger partial charge >= 0.3 is 0 Å². The van der Waals surface area contributed by atoms with E-state index in [-0.39, 0.29) is 0 Å². The van der Waals surface area contributed by atoms with Crippen molar-refractivity contribution in [2.45, 2.75) is 38.6 Å². The molecule has 1 aromatic rings. The lowest BCUT2D eigenvalue weighted by Gasteiger charge is -2.40. The van der Waals surface area contributed by atoms with Gasteiger partial charge in [-0.2, -0.15) is 4.98 Å². The van der Waals surface area contributed by atoms with Crippen LogP contribution in [0.2, 0.25) is 0 Å². The summed E-state index contributed by atoms with van der Waals surface area (Å²) in [6.07, 6.45) is 6.91. The van der Waals surface area contributed by atoms with Gasteiger partial charge in [0.2, 0.25) is 5.95 Å². The highest BCUT2D eigenvalue weighted by Gasteiger charge is 2.29. The molecule has 5 nitrogen and oxygen atoms in total. The van der Waals surface area contributed by atoms with Gasteiger partial charge in [-0.15, -0.1) is 0 Å². The van der Waals surface area contributed by atoms with E-state index in [9.17, 15) is 0 Å². The summed E-state index contributed by atoms with van der Waals surface area (Å²) in [5, 5.41) is 0. The van der Waals surface area contributed by atoms with Crippen LogP contribution in [0.5, 0.6) is 0 Å². The van der Waals surface area contributed by atoms with E-state index in [4.69, 9.17) is 5.73 Å². The molecule has 2 rings (SSSR count). The molecule has 1 fully saturated rings. The molecule has 1 aliphatic rings. The summed E-state index contributed by atoms with van der Waals surface area (Å²) in [6.45, 7) is 3.93. The quantitative estimate of drug-likeness (QED) is 0.890. The predicted octanol–water partition coefficient (Wildman–Crippen LogP) is 1.89. The van der Waals surface area contributed by atoms with Gasteiger partial charge in [-0.1, -0.05) is 12.8 Å². The second-order valence-corrected chi connectivity index (χ2v) is 5.74. The molecule has 0 saturated heterocycles. The Bertz CT molecular complexity index is 420. The maximum Gasteiger partial charge on any atom is 0.226 e. The molecule has 0 bridgehead atoms. The maximum atomic E-state index is 5.97. The smallest absolute Gasteiger partial charge is 0.226 e. The highest BCUT2D eigenvalue weighted by molar-refractivity contribution is 5.44. The van der Waals surface area contributed by atoms with Crippen LogP contribution in [0.4, 0.5) is 11.8 Å². The van der Waals surface area contributed by atoms with Crippen LogP contribution < -0.4 is 15.5 Å². The van der Waals surface area contributed by atoms with Crippen LogP contribution in [0.3, 0.4) is 0 Å². The molecule has 5 heteroatoms. The first-order valence-electron chi connectivity index (χ1n) is 7.64. The number of aromatic nitrogens is 2. The van der Waals surface area contributed by atoms with Crippen molar-refractivity contribution in [3.8, 4) is 0 Å². The standard InChI is InChI=1S/C15H27N5/c1-4-20(13-8-6-5-7-12(13)11-16)14-9-10-17-15(18-14)19(2)3/h9-10,12-13H,4-8,11,16H2,1-3H3. The Labute approximate surface area is 122 Å². The number of rotatable bonds is 5. The largest absolute Gasteiger partial charge is 0.353 e. The fraction of sp³-hybridized carbons (Fsp3) is 0.733. The normalized spacial score (nSPS) is 22.6. The van der Waals surface area contributed by atoms with E-state index in [1.165, 1.54) is 25.7 Å². The molecule has 0 spiro atoms. The monoisotopic (exact) mass is 277 g/mol. The van der Waals surface area contributed by atoms with Crippen molar-refractivity contribution in [2.24, 2.45) is 11.7 Å². The number of hydrogen-bond acceptors (Lipinski definition) is 5. The summed E-state index contributed by atoms with van der Waals surface area (Å²) in [4.78, 5) is 13.3. The van der Waals surface area contributed by atoms with Gasteiger partial charge in [0.05, 0.1) is 0 Å². The Kier molecular flexibility index (Phi) is 5.17. The average Bonchev–Trinajstić information content (AvgIpc) is 2.49. The Hall–Kier alpha value is -1.36. The summed E-state index contributed by atoms with van der Waals surface area (Å²) >= 11 is 0. The van der Waals surface area contributed by atoms with Gasteiger partial charge < -0.3 is 15.5 Å². The Morgan fingerprint density at radius 3 is 2.70 bits per heavy atom. The summed E-state index contributed by atoms with van der Waals surface area (Å²) in [5.74, 6) is 2.37. The molecule has 0 radical (unpaired) electrons. The molecule has 1 aromatic heterocycles. The van der Waals surface area contributed by atoms with E-state index in [1.54, 1.807) is 0 Å². The molecule has 20 heavy (non-hydrogen) atoms. The molecule has 2 unspecified atom stereocenters. The fourth-order valence-electron chi connectivity index (χ4n) is 3.15. The molecular weight excluding hydrogens is 250 g/mol. The number of anilines is 2. The fourth-order valence-corrected chi connectivity index (χ4v) is 3.15. The van der Waals surface area contributed by atoms with Crippen molar-refractivity contribution < 1.29 is 0 Å². The molecule has 1 aliphatic carbocycles. The van der Waals surface area contributed by atoms with Crippen molar-refractivity contribution in [2.75, 3.05) is 37.0 Å². The van der Waals surface area contributed by atoms with Gasteiger partial charge in [-0.3, -0.25) is 0 Å². The topological polar surface area (TPSA) is 58.3 Å². The third kappa shape index (κ3) is 3.20. The Balaban J connectivity index is 2.24. The number of nitrogens with zero attached hydrogens (tertiary/aromatic N) is 4. The summed E-state index contributed by atoms with van der Waals surface area (Å²) in [5.41, 5.74) is 5.97. The zero-order valence-corrected chi connectivity index (χ0v) is 12.9. The second kappa shape index (κ2) is 6.88. The second-order valence-electron chi connectivity index (χ2n) is 5.74. The van der Waals surface area contributed by atoms with Gasteiger partial charge in [0.15, 0.2) is 0 Å². The zero-order valence-electron chi connectivity index (χ0n) is 12.9. The molecule has 112 valence electrons. The minimum atomic E-state index is 0.517. The molecular formula is C15H27N5. The molecule has 1 saturated carbocycles. The maximum absolute atomic E-state index is 5.97. The molecule has 2 N–H and O–H groups in total. The Morgan fingerprint density at radius 1 is 1.30 bits per heavy atom. The van der Waals surface area contributed by atoms with Gasteiger partial charge in [0, 0.05) is 32.9 Å². The van der Waals surface area contributed by atoms with E-state index in [1.807, 2.05) is 31.3 Å². The van der Waals surface area contributed by atoms with Crippen molar-refractivity contribution >= 4 is 11.8 Å². The lowest BCUT2D eigenvalue weighted by atomic mass is 9.83. The highest BCUT2D eigenvalue weighted by atomic mass is 15.3. The SMILES string of the molecule is CCN(c1ccnc(N(C)C)n1)C1CCCCC1CN. The first-order valence-corrected chi connectivity index (χ1v) is 7.64. The van der Waals surface area contributed by atoms with E-state index in [0.29, 0.717) is 12.0 Å². The van der Waals surface area contributed by atoms with Crippen LogP contribution in [0.25, 0.3) is 0 Å². The lowest BCUT2D eigenvalue weighted by molar-refractivity contribution is 0.299. The lowest BCUT2D eigenvalue weighted by Crippen LogP contribution is -2.45. The molecule has 0 aromatic carbocycles. The van der Waals surface area contributed by atoms with Crippen LogP contribution in [-0.4, -0.2) is 43.2 Å². The van der Waals surface area contributed by atoms with Gasteiger partial charge in [0.25, 0.3) is 0 Å². The van der Waals surface area contributed by atoms with Crippen LogP contribution in [0.15, 0.2) is 12.3 Å². The minimum absolute atomic E-state index is 0.517. The van der Waals surface area contributed by atoms with Crippen molar-refractivity contribution in [1.82, 2.24) is 9.97 Å². The zero-order chi connectivity index (χ0) is 14.5. The average molecular weight is 277 g/mol. The highest BCUT2D eigenvalue weighted by Crippen LogP contribution is 2.30. The third-order valence-electron chi connectivity index (χ3n) is 4.24. The predicted molar refractivity (Wildman–Crippen MR) is 84.2 cm³/mol. The van der Waals surface area contributed by atoms with Gasteiger partial charge in [-0.25, -0.2) is 4.98 Å². The summed E-state index contributed by atoms with van der Waals surface area (Å²) in [7, 11) is 3.94. The van der Waals surface area contributed by atoms with Crippen LogP contribution in [-0.2, 0) is 0 Å². The van der Waals surface area contributed by atoms with Crippen LogP contribution in [0, 0.1) is 5.92 Å². The van der Waals surface area contributed by atoms with Crippen LogP contribution in [0.1, 0.15) is 32.6 Å². The molecule has 0 amide bonds.